The zero-order valence-corrected chi connectivity index (χ0v) is 11.8. The van der Waals surface area contributed by atoms with E-state index in [4.69, 9.17) is 4.42 Å². The Kier molecular flexibility index (Phi) is 3.96. The van der Waals surface area contributed by atoms with Crippen molar-refractivity contribution in [3.05, 3.63) is 23.7 Å². The van der Waals surface area contributed by atoms with Crippen LogP contribution in [0.2, 0.25) is 0 Å². The van der Waals surface area contributed by atoms with Gasteiger partial charge in [-0.2, -0.15) is 0 Å². The Hall–Kier alpha value is -1.33. The van der Waals surface area contributed by atoms with Crippen molar-refractivity contribution in [2.24, 2.45) is 0 Å². The summed E-state index contributed by atoms with van der Waals surface area (Å²) in [6, 6.07) is 4.09. The molecule has 1 heterocycles. The summed E-state index contributed by atoms with van der Waals surface area (Å²) in [6.45, 7) is 3.98. The minimum absolute atomic E-state index is 0.0713. The second-order valence-electron chi connectivity index (χ2n) is 5.61. The summed E-state index contributed by atoms with van der Waals surface area (Å²) >= 11 is 0. The van der Waals surface area contributed by atoms with Gasteiger partial charge in [0.15, 0.2) is 0 Å². The van der Waals surface area contributed by atoms with Gasteiger partial charge in [-0.25, -0.2) is 0 Å². The van der Waals surface area contributed by atoms with Crippen LogP contribution < -0.4 is 5.32 Å². The number of amides is 1. The molecule has 1 aromatic rings. The van der Waals surface area contributed by atoms with Crippen molar-refractivity contribution in [3.8, 4) is 0 Å². The van der Waals surface area contributed by atoms with Crippen LogP contribution in [0.25, 0.3) is 0 Å². The lowest BCUT2D eigenvalue weighted by molar-refractivity contribution is -0.123. The normalized spacial score (nSPS) is 18.4. The number of carbonyl (C=O) groups excluding carboxylic acids is 1. The van der Waals surface area contributed by atoms with E-state index in [0.29, 0.717) is 18.3 Å². The number of nitrogens with zero attached hydrogens (tertiary/aromatic N) is 1. The fourth-order valence-electron chi connectivity index (χ4n) is 2.01. The summed E-state index contributed by atoms with van der Waals surface area (Å²) < 4.78 is 5.40. The molecule has 0 saturated heterocycles. The Labute approximate surface area is 113 Å². The van der Waals surface area contributed by atoms with E-state index in [9.17, 15) is 9.90 Å². The monoisotopic (exact) mass is 266 g/mol. The van der Waals surface area contributed by atoms with Crippen LogP contribution in [0, 0.1) is 6.92 Å². The summed E-state index contributed by atoms with van der Waals surface area (Å²) in [7, 11) is 1.95. The van der Waals surface area contributed by atoms with Crippen LogP contribution in [0.15, 0.2) is 16.5 Å². The molecule has 1 fully saturated rings. The van der Waals surface area contributed by atoms with Crippen molar-refractivity contribution in [2.45, 2.75) is 38.3 Å². The number of nitrogens with one attached hydrogen (secondary N) is 1. The Morgan fingerprint density at radius 3 is 2.79 bits per heavy atom. The molecule has 1 aromatic heterocycles. The largest absolute Gasteiger partial charge is 0.463 e. The van der Waals surface area contributed by atoms with Crippen LogP contribution in [0.5, 0.6) is 0 Å². The lowest BCUT2D eigenvalue weighted by Crippen LogP contribution is -2.42. The molecule has 0 bridgehead atoms. The van der Waals surface area contributed by atoms with E-state index in [1.54, 1.807) is 19.1 Å². The third kappa shape index (κ3) is 3.81. The van der Waals surface area contributed by atoms with Gasteiger partial charge in [-0.3, -0.25) is 9.69 Å². The molecular weight excluding hydrogens is 244 g/mol. The number of rotatable bonds is 6. The first kappa shape index (κ1) is 14.1. The summed E-state index contributed by atoms with van der Waals surface area (Å²) in [5.74, 6) is 1.15. The molecule has 5 heteroatoms. The van der Waals surface area contributed by atoms with Gasteiger partial charge in [0.25, 0.3) is 0 Å². The Bertz CT molecular complexity index is 449. The average molecular weight is 266 g/mol. The van der Waals surface area contributed by atoms with E-state index in [0.717, 1.165) is 5.76 Å². The van der Waals surface area contributed by atoms with Crippen molar-refractivity contribution < 1.29 is 14.3 Å². The Morgan fingerprint density at radius 2 is 2.26 bits per heavy atom. The summed E-state index contributed by atoms with van der Waals surface area (Å²) in [4.78, 5) is 13.8. The average Bonchev–Trinajstić information content (AvgIpc) is 3.09. The van der Waals surface area contributed by atoms with Gasteiger partial charge >= 0.3 is 0 Å². The highest BCUT2D eigenvalue weighted by Crippen LogP contribution is 2.25. The van der Waals surface area contributed by atoms with Gasteiger partial charge in [0.2, 0.25) is 5.91 Å². The quantitative estimate of drug-likeness (QED) is 0.806. The Balaban J connectivity index is 1.81. The molecule has 1 unspecified atom stereocenters. The van der Waals surface area contributed by atoms with E-state index in [2.05, 4.69) is 5.32 Å². The first-order chi connectivity index (χ1) is 8.88. The van der Waals surface area contributed by atoms with Crippen LogP contribution in [0.4, 0.5) is 0 Å². The van der Waals surface area contributed by atoms with Crippen molar-refractivity contribution in [1.82, 2.24) is 10.2 Å². The summed E-state index contributed by atoms with van der Waals surface area (Å²) in [5.41, 5.74) is -1.18. The molecule has 1 saturated carbocycles. The third-order valence-corrected chi connectivity index (χ3v) is 3.46. The van der Waals surface area contributed by atoms with Crippen molar-refractivity contribution in [3.63, 3.8) is 0 Å². The number of carbonyl (C=O) groups is 1. The number of hydrogen-bond acceptors (Lipinski definition) is 4. The molecule has 0 aromatic carbocycles. The zero-order valence-electron chi connectivity index (χ0n) is 11.8. The van der Waals surface area contributed by atoms with E-state index in [1.807, 2.05) is 18.9 Å². The maximum absolute atomic E-state index is 11.8. The van der Waals surface area contributed by atoms with Crippen LogP contribution in [0.3, 0.4) is 0 Å². The third-order valence-electron chi connectivity index (χ3n) is 3.46. The van der Waals surface area contributed by atoms with Crippen molar-refractivity contribution in [2.75, 3.05) is 20.1 Å². The topological polar surface area (TPSA) is 65.7 Å². The molecule has 0 aliphatic heterocycles. The molecule has 106 valence electrons. The van der Waals surface area contributed by atoms with Gasteiger partial charge in [0.05, 0.1) is 13.1 Å². The second-order valence-corrected chi connectivity index (χ2v) is 5.61. The molecule has 1 aliphatic rings. The van der Waals surface area contributed by atoms with Crippen LogP contribution >= 0.6 is 0 Å². The number of furan rings is 1. The minimum atomic E-state index is -1.18. The molecule has 5 nitrogen and oxygen atoms in total. The predicted molar refractivity (Wildman–Crippen MR) is 71.7 cm³/mol. The van der Waals surface area contributed by atoms with Crippen LogP contribution in [0.1, 0.15) is 31.3 Å². The predicted octanol–water partition coefficient (Wildman–Crippen LogP) is 1.01. The first-order valence-electron chi connectivity index (χ1n) is 6.65. The zero-order chi connectivity index (χ0) is 14.0. The molecule has 1 aliphatic carbocycles. The van der Waals surface area contributed by atoms with Crippen molar-refractivity contribution in [1.29, 1.82) is 0 Å². The van der Waals surface area contributed by atoms with Gasteiger partial charge in [-0.15, -0.1) is 0 Å². The fraction of sp³-hybridized carbons (Fsp3) is 0.643. The molecule has 2 N–H and O–H groups in total. The summed E-state index contributed by atoms with van der Waals surface area (Å²) in [6.07, 6.45) is 2.35. The molecular formula is C14H22N2O3. The first-order valence-corrected chi connectivity index (χ1v) is 6.65. The maximum atomic E-state index is 11.8. The number of likely N-dealkylation sites (N-methyl/N-ethyl adjacent to an activating group) is 1. The highest BCUT2D eigenvalue weighted by Gasteiger charge is 2.29. The van der Waals surface area contributed by atoms with Crippen LogP contribution in [-0.2, 0) is 10.4 Å². The molecule has 19 heavy (non-hydrogen) atoms. The number of aliphatic hydroxyl groups is 1. The molecule has 2 rings (SSSR count). The highest BCUT2D eigenvalue weighted by atomic mass is 16.4. The van der Waals surface area contributed by atoms with Gasteiger partial charge in [0, 0.05) is 6.04 Å². The Morgan fingerprint density at radius 1 is 1.58 bits per heavy atom. The molecule has 0 spiro atoms. The van der Waals surface area contributed by atoms with E-state index in [-0.39, 0.29) is 12.5 Å². The number of aryl methyl sites for hydroxylation is 1. The second kappa shape index (κ2) is 5.35. The van der Waals surface area contributed by atoms with E-state index >= 15 is 0 Å². The lowest BCUT2D eigenvalue weighted by atomic mass is 10.0. The van der Waals surface area contributed by atoms with Gasteiger partial charge in [-0.05, 0) is 45.9 Å². The maximum Gasteiger partial charge on any atom is 0.234 e. The summed E-state index contributed by atoms with van der Waals surface area (Å²) in [5, 5.41) is 13.0. The van der Waals surface area contributed by atoms with E-state index < -0.39 is 5.60 Å². The van der Waals surface area contributed by atoms with Gasteiger partial charge in [-0.1, -0.05) is 0 Å². The highest BCUT2D eigenvalue weighted by molar-refractivity contribution is 5.78. The van der Waals surface area contributed by atoms with E-state index in [1.165, 1.54) is 12.8 Å². The molecule has 1 atom stereocenters. The van der Waals surface area contributed by atoms with Crippen LogP contribution in [-0.4, -0.2) is 42.1 Å². The smallest absolute Gasteiger partial charge is 0.234 e. The number of hydrogen-bond donors (Lipinski definition) is 2. The standard InChI is InChI=1S/C14H22N2O3/c1-10-4-7-12(19-10)14(2,18)9-15-13(17)8-16(3)11-5-6-11/h4,7,11,18H,5-6,8-9H2,1-3H3,(H,15,17). The lowest BCUT2D eigenvalue weighted by Gasteiger charge is -2.22. The minimum Gasteiger partial charge on any atom is -0.463 e. The molecule has 1 amide bonds. The molecule has 0 radical (unpaired) electrons. The van der Waals surface area contributed by atoms with Gasteiger partial charge < -0.3 is 14.8 Å². The fourth-order valence-corrected chi connectivity index (χ4v) is 2.01. The SMILES string of the molecule is Cc1ccc(C(C)(O)CNC(=O)CN(C)C2CC2)o1. The van der Waals surface area contributed by atoms with Gasteiger partial charge in [0.1, 0.15) is 17.1 Å². The van der Waals surface area contributed by atoms with Crippen molar-refractivity contribution >= 4 is 5.91 Å².